The minimum absolute atomic E-state index is 0.0706. The Labute approximate surface area is 95.5 Å². The Balaban J connectivity index is 3.04. The Morgan fingerprint density at radius 1 is 1.44 bits per heavy atom. The quantitative estimate of drug-likeness (QED) is 0.779. The topological polar surface area (TPSA) is 76.8 Å². The van der Waals surface area contributed by atoms with Crippen LogP contribution in [0.15, 0.2) is 18.2 Å². The van der Waals surface area contributed by atoms with Gasteiger partial charge in [0.1, 0.15) is 0 Å². The van der Waals surface area contributed by atoms with Crippen LogP contribution in [0.1, 0.15) is 18.9 Å². The van der Waals surface area contributed by atoms with Gasteiger partial charge in [-0.2, -0.15) is 10.5 Å². The molecule has 1 atom stereocenters. The maximum atomic E-state index is 8.82. The number of benzene rings is 1. The van der Waals surface area contributed by atoms with Gasteiger partial charge >= 0.3 is 0 Å². The van der Waals surface area contributed by atoms with E-state index in [4.69, 9.17) is 16.3 Å². The Bertz CT molecular complexity index is 453. The first-order valence-corrected chi connectivity index (χ1v) is 4.99. The van der Waals surface area contributed by atoms with E-state index >= 15 is 0 Å². The molecule has 0 aliphatic rings. The smallest absolute Gasteiger partial charge is 0.0992 e. The summed E-state index contributed by atoms with van der Waals surface area (Å²) in [5, 5.41) is 17.5. The van der Waals surface area contributed by atoms with E-state index in [2.05, 4.69) is 12.1 Å². The molecule has 0 spiro atoms. The zero-order chi connectivity index (χ0) is 12.1. The molecule has 4 heteroatoms. The van der Waals surface area contributed by atoms with Crippen molar-refractivity contribution in [2.75, 3.05) is 17.7 Å². The second-order valence-electron chi connectivity index (χ2n) is 3.71. The molecule has 0 aromatic heterocycles. The molecule has 0 aliphatic carbocycles. The number of rotatable bonds is 3. The molecule has 0 saturated carbocycles. The van der Waals surface area contributed by atoms with E-state index in [9.17, 15) is 0 Å². The molecule has 1 aromatic rings. The van der Waals surface area contributed by atoms with Crippen molar-refractivity contribution in [3.05, 3.63) is 23.8 Å². The number of nitrogens with zero attached hydrogens (tertiary/aromatic N) is 3. The monoisotopic (exact) mass is 214 g/mol. The van der Waals surface area contributed by atoms with Gasteiger partial charge in [-0.25, -0.2) is 0 Å². The molecule has 4 nitrogen and oxygen atoms in total. The van der Waals surface area contributed by atoms with Gasteiger partial charge in [0.05, 0.1) is 35.5 Å². The van der Waals surface area contributed by atoms with Crippen molar-refractivity contribution in [1.82, 2.24) is 0 Å². The van der Waals surface area contributed by atoms with Crippen molar-refractivity contribution in [2.45, 2.75) is 19.4 Å². The van der Waals surface area contributed by atoms with Crippen LogP contribution >= 0.6 is 0 Å². The maximum Gasteiger partial charge on any atom is 0.0992 e. The van der Waals surface area contributed by atoms with Gasteiger partial charge in [-0.1, -0.05) is 0 Å². The highest BCUT2D eigenvalue weighted by molar-refractivity contribution is 5.69. The van der Waals surface area contributed by atoms with Gasteiger partial charge in [-0.05, 0) is 25.1 Å². The van der Waals surface area contributed by atoms with E-state index in [0.29, 0.717) is 17.7 Å². The molecule has 0 fully saturated rings. The predicted octanol–water partition coefficient (Wildman–Crippen LogP) is 1.88. The van der Waals surface area contributed by atoms with E-state index in [0.717, 1.165) is 5.69 Å². The van der Waals surface area contributed by atoms with E-state index in [1.54, 1.807) is 18.2 Å². The van der Waals surface area contributed by atoms with Gasteiger partial charge in [0.2, 0.25) is 0 Å². The lowest BCUT2D eigenvalue weighted by atomic mass is 10.1. The Morgan fingerprint density at radius 3 is 2.69 bits per heavy atom. The number of nitriles is 2. The summed E-state index contributed by atoms with van der Waals surface area (Å²) in [5.74, 6) is 0. The highest BCUT2D eigenvalue weighted by Crippen LogP contribution is 2.25. The molecular weight excluding hydrogens is 200 g/mol. The number of hydrogen-bond acceptors (Lipinski definition) is 4. The van der Waals surface area contributed by atoms with Crippen LogP contribution < -0.4 is 10.6 Å². The summed E-state index contributed by atoms with van der Waals surface area (Å²) in [6, 6.07) is 9.40. The van der Waals surface area contributed by atoms with Crippen molar-refractivity contribution in [1.29, 1.82) is 10.5 Å². The van der Waals surface area contributed by atoms with Crippen LogP contribution in [0, 0.1) is 22.7 Å². The van der Waals surface area contributed by atoms with Crippen molar-refractivity contribution in [2.24, 2.45) is 0 Å². The van der Waals surface area contributed by atoms with Crippen molar-refractivity contribution in [3.8, 4) is 12.1 Å². The summed E-state index contributed by atoms with van der Waals surface area (Å²) in [6.07, 6.45) is 0.423. The summed E-state index contributed by atoms with van der Waals surface area (Å²) >= 11 is 0. The first kappa shape index (κ1) is 11.9. The lowest BCUT2D eigenvalue weighted by molar-refractivity contribution is 0.703. The fourth-order valence-corrected chi connectivity index (χ4v) is 1.43. The SMILES string of the molecule is CC(CC#N)N(C)c1cc(C#N)ccc1N. The van der Waals surface area contributed by atoms with Gasteiger partial charge in [-0.3, -0.25) is 0 Å². The van der Waals surface area contributed by atoms with Gasteiger partial charge in [-0.15, -0.1) is 0 Å². The third kappa shape index (κ3) is 2.43. The summed E-state index contributed by atoms with van der Waals surface area (Å²) < 4.78 is 0. The van der Waals surface area contributed by atoms with Crippen LogP contribution in [0.25, 0.3) is 0 Å². The number of nitrogen functional groups attached to an aromatic ring is 1. The fourth-order valence-electron chi connectivity index (χ4n) is 1.43. The van der Waals surface area contributed by atoms with Crippen molar-refractivity contribution >= 4 is 11.4 Å². The number of anilines is 2. The molecule has 82 valence electrons. The van der Waals surface area contributed by atoms with Gasteiger partial charge < -0.3 is 10.6 Å². The number of nitrogens with two attached hydrogens (primary N) is 1. The summed E-state index contributed by atoms with van der Waals surface area (Å²) in [4.78, 5) is 1.92. The minimum Gasteiger partial charge on any atom is -0.397 e. The molecule has 0 aliphatic heterocycles. The second kappa shape index (κ2) is 5.04. The van der Waals surface area contributed by atoms with E-state index in [1.165, 1.54) is 0 Å². The summed E-state index contributed by atoms with van der Waals surface area (Å²) in [6.45, 7) is 1.95. The van der Waals surface area contributed by atoms with Crippen molar-refractivity contribution < 1.29 is 0 Å². The molecule has 1 aromatic carbocycles. The van der Waals surface area contributed by atoms with Crippen LogP contribution in [0.4, 0.5) is 11.4 Å². The fraction of sp³-hybridized carbons (Fsp3) is 0.333. The zero-order valence-corrected chi connectivity index (χ0v) is 9.44. The molecule has 0 saturated heterocycles. The van der Waals surface area contributed by atoms with Crippen LogP contribution in [0.5, 0.6) is 0 Å². The standard InChI is InChI=1S/C12H14N4/c1-9(5-6-13)16(2)12-7-10(8-14)3-4-11(12)15/h3-4,7,9H,5,15H2,1-2H3. The molecule has 1 rings (SSSR count). The van der Waals surface area contributed by atoms with Gasteiger partial charge in [0, 0.05) is 13.1 Å². The van der Waals surface area contributed by atoms with Gasteiger partial charge in [0.15, 0.2) is 0 Å². The normalized spacial score (nSPS) is 11.2. The third-order valence-corrected chi connectivity index (χ3v) is 2.59. The van der Waals surface area contributed by atoms with E-state index in [-0.39, 0.29) is 6.04 Å². The van der Waals surface area contributed by atoms with Crippen LogP contribution in [0.3, 0.4) is 0 Å². The molecule has 0 radical (unpaired) electrons. The molecule has 0 bridgehead atoms. The molecular formula is C12H14N4. The summed E-state index contributed by atoms with van der Waals surface area (Å²) in [5.41, 5.74) is 7.82. The zero-order valence-electron chi connectivity index (χ0n) is 9.44. The summed E-state index contributed by atoms with van der Waals surface area (Å²) in [7, 11) is 1.87. The minimum atomic E-state index is 0.0706. The lowest BCUT2D eigenvalue weighted by Crippen LogP contribution is -2.29. The van der Waals surface area contributed by atoms with E-state index in [1.807, 2.05) is 18.9 Å². The Morgan fingerprint density at radius 2 is 2.12 bits per heavy atom. The average Bonchev–Trinajstić information content (AvgIpc) is 2.29. The first-order chi connectivity index (χ1) is 7.60. The third-order valence-electron chi connectivity index (χ3n) is 2.59. The van der Waals surface area contributed by atoms with Crippen molar-refractivity contribution in [3.63, 3.8) is 0 Å². The molecule has 0 amide bonds. The first-order valence-electron chi connectivity index (χ1n) is 4.99. The molecule has 1 unspecified atom stereocenters. The second-order valence-corrected chi connectivity index (χ2v) is 3.71. The Kier molecular flexibility index (Phi) is 3.74. The average molecular weight is 214 g/mol. The van der Waals surface area contributed by atoms with Crippen LogP contribution in [0.2, 0.25) is 0 Å². The molecule has 0 heterocycles. The molecule has 2 N–H and O–H groups in total. The van der Waals surface area contributed by atoms with Gasteiger partial charge in [0.25, 0.3) is 0 Å². The predicted molar refractivity (Wildman–Crippen MR) is 63.7 cm³/mol. The largest absolute Gasteiger partial charge is 0.397 e. The molecule has 16 heavy (non-hydrogen) atoms. The lowest BCUT2D eigenvalue weighted by Gasteiger charge is -2.26. The van der Waals surface area contributed by atoms with Crippen LogP contribution in [-0.2, 0) is 0 Å². The Hall–Kier alpha value is -2.20. The van der Waals surface area contributed by atoms with E-state index < -0.39 is 0 Å². The highest BCUT2D eigenvalue weighted by atomic mass is 15.1. The number of hydrogen-bond donors (Lipinski definition) is 1. The maximum absolute atomic E-state index is 8.82. The highest BCUT2D eigenvalue weighted by Gasteiger charge is 2.12. The van der Waals surface area contributed by atoms with Crippen LogP contribution in [-0.4, -0.2) is 13.1 Å².